The molecule has 0 bridgehead atoms. The van der Waals surface area contributed by atoms with Crippen molar-refractivity contribution in [2.24, 2.45) is 5.92 Å². The second-order valence-electron chi connectivity index (χ2n) is 8.62. The average molecular weight is 518 g/mol. The first-order valence-electron chi connectivity index (χ1n) is 12.0. The van der Waals surface area contributed by atoms with E-state index in [1.54, 1.807) is 41.3 Å². The van der Waals surface area contributed by atoms with E-state index in [-0.39, 0.29) is 48.5 Å². The lowest BCUT2D eigenvalue weighted by atomic mass is 9.95. The quantitative estimate of drug-likeness (QED) is 0.396. The molecular formula is C27H27F4N3O3. The Hall–Kier alpha value is -3.66. The summed E-state index contributed by atoms with van der Waals surface area (Å²) < 4.78 is 63.5. The molecule has 1 N–H and O–H groups in total. The van der Waals surface area contributed by atoms with Crippen molar-refractivity contribution >= 4 is 5.91 Å². The highest BCUT2D eigenvalue weighted by molar-refractivity contribution is 5.80. The van der Waals surface area contributed by atoms with Gasteiger partial charge in [-0.25, -0.2) is 4.39 Å². The number of alkyl halides is 3. The molecule has 1 fully saturated rings. The molecule has 1 aliphatic heterocycles. The predicted molar refractivity (Wildman–Crippen MR) is 129 cm³/mol. The molecule has 4 rings (SSSR count). The van der Waals surface area contributed by atoms with Crippen LogP contribution in [0.4, 0.5) is 17.6 Å². The number of carbonyl (C=O) groups excluding carboxylic acids is 1. The monoisotopic (exact) mass is 517 g/mol. The van der Waals surface area contributed by atoms with Crippen LogP contribution in [0.5, 0.6) is 11.5 Å². The summed E-state index contributed by atoms with van der Waals surface area (Å²) in [5, 5.41) is 3.22. The number of para-hydroxylation sites is 1. The van der Waals surface area contributed by atoms with Crippen LogP contribution in [0, 0.1) is 11.7 Å². The van der Waals surface area contributed by atoms with Crippen molar-refractivity contribution in [1.29, 1.82) is 0 Å². The number of ether oxygens (including phenoxy) is 2. The fourth-order valence-corrected chi connectivity index (χ4v) is 4.35. The molecular weight excluding hydrogens is 490 g/mol. The lowest BCUT2D eigenvalue weighted by molar-refractivity contribution is -0.274. The number of hydrogen-bond donors (Lipinski definition) is 1. The Bertz CT molecular complexity index is 1190. The van der Waals surface area contributed by atoms with Gasteiger partial charge in [0.1, 0.15) is 12.4 Å². The number of carbonyl (C=O) groups is 1. The number of aromatic nitrogens is 1. The number of nitrogens with zero attached hydrogens (tertiary/aromatic N) is 2. The summed E-state index contributed by atoms with van der Waals surface area (Å²) in [4.78, 5) is 19.3. The highest BCUT2D eigenvalue weighted by Gasteiger charge is 2.33. The number of piperidine rings is 1. The fourth-order valence-electron chi connectivity index (χ4n) is 4.35. The van der Waals surface area contributed by atoms with Crippen LogP contribution < -0.4 is 14.8 Å². The predicted octanol–water partition coefficient (Wildman–Crippen LogP) is 5.19. The molecule has 3 aromatic rings. The number of halogens is 4. The van der Waals surface area contributed by atoms with Gasteiger partial charge in [-0.15, -0.1) is 13.2 Å². The molecule has 196 valence electrons. The molecule has 2 heterocycles. The smallest absolute Gasteiger partial charge is 0.489 e. The first kappa shape index (κ1) is 26.4. The zero-order valence-electron chi connectivity index (χ0n) is 20.0. The van der Waals surface area contributed by atoms with Gasteiger partial charge >= 0.3 is 6.36 Å². The van der Waals surface area contributed by atoms with Crippen LogP contribution in [0.2, 0.25) is 0 Å². The summed E-state index contributed by atoms with van der Waals surface area (Å²) in [5.74, 6) is -1.23. The molecule has 10 heteroatoms. The van der Waals surface area contributed by atoms with Crippen LogP contribution in [0.15, 0.2) is 66.9 Å². The number of nitrogens with one attached hydrogen (secondary N) is 1. The summed E-state index contributed by atoms with van der Waals surface area (Å²) >= 11 is 0. The minimum absolute atomic E-state index is 0.00432. The maximum absolute atomic E-state index is 14.0. The second kappa shape index (κ2) is 12.1. The normalized spacial score (nSPS) is 14.3. The number of pyridine rings is 1. The van der Waals surface area contributed by atoms with Gasteiger partial charge in [-0.3, -0.25) is 9.78 Å². The lowest BCUT2D eigenvalue weighted by Gasteiger charge is -2.30. The van der Waals surface area contributed by atoms with E-state index in [1.807, 2.05) is 0 Å². The zero-order valence-corrected chi connectivity index (χ0v) is 20.0. The van der Waals surface area contributed by atoms with Crippen molar-refractivity contribution in [2.45, 2.75) is 25.7 Å². The Balaban J connectivity index is 1.63. The second-order valence-corrected chi connectivity index (χ2v) is 8.62. The zero-order chi connectivity index (χ0) is 26.3. The number of hydrogen-bond acceptors (Lipinski definition) is 5. The van der Waals surface area contributed by atoms with Crippen molar-refractivity contribution in [3.05, 3.63) is 78.2 Å². The Labute approximate surface area is 212 Å². The van der Waals surface area contributed by atoms with E-state index in [9.17, 15) is 22.4 Å². The molecule has 6 nitrogen and oxygen atoms in total. The van der Waals surface area contributed by atoms with Crippen LogP contribution in [-0.4, -0.2) is 48.4 Å². The first-order valence-corrected chi connectivity index (χ1v) is 12.0. The third-order valence-corrected chi connectivity index (χ3v) is 6.08. The van der Waals surface area contributed by atoms with Crippen molar-refractivity contribution in [2.75, 3.05) is 26.2 Å². The van der Waals surface area contributed by atoms with Crippen molar-refractivity contribution < 1.29 is 31.8 Å². The molecule has 1 aliphatic rings. The van der Waals surface area contributed by atoms with Gasteiger partial charge in [0.25, 0.3) is 0 Å². The van der Waals surface area contributed by atoms with E-state index in [0.717, 1.165) is 0 Å². The maximum Gasteiger partial charge on any atom is 0.573 e. The summed E-state index contributed by atoms with van der Waals surface area (Å²) in [7, 11) is 0. The summed E-state index contributed by atoms with van der Waals surface area (Å²) in [6.07, 6.45) is -2.13. The van der Waals surface area contributed by atoms with E-state index >= 15 is 0 Å². The third kappa shape index (κ3) is 7.19. The third-order valence-electron chi connectivity index (χ3n) is 6.08. The highest BCUT2D eigenvalue weighted by atomic mass is 19.4. The molecule has 1 aromatic heterocycles. The van der Waals surface area contributed by atoms with E-state index in [4.69, 9.17) is 4.74 Å². The van der Waals surface area contributed by atoms with Gasteiger partial charge in [-0.05, 0) is 61.8 Å². The molecule has 1 saturated heterocycles. The van der Waals surface area contributed by atoms with Crippen molar-refractivity contribution in [1.82, 2.24) is 15.2 Å². The van der Waals surface area contributed by atoms with E-state index in [2.05, 4.69) is 15.0 Å². The average Bonchev–Trinajstić information content (AvgIpc) is 2.89. The van der Waals surface area contributed by atoms with Crippen molar-refractivity contribution in [3.63, 3.8) is 0 Å². The molecule has 2 aromatic carbocycles. The van der Waals surface area contributed by atoms with Crippen LogP contribution >= 0.6 is 0 Å². The van der Waals surface area contributed by atoms with Gasteiger partial charge in [0.05, 0.1) is 12.2 Å². The van der Waals surface area contributed by atoms with Crippen LogP contribution in [0.3, 0.4) is 0 Å². The van der Waals surface area contributed by atoms with E-state index < -0.39 is 17.9 Å². The maximum atomic E-state index is 14.0. The Kier molecular flexibility index (Phi) is 8.60. The minimum atomic E-state index is -4.90. The largest absolute Gasteiger partial charge is 0.573 e. The first-order chi connectivity index (χ1) is 17.8. The Morgan fingerprint density at radius 2 is 1.73 bits per heavy atom. The summed E-state index contributed by atoms with van der Waals surface area (Å²) in [6, 6.07) is 15.2. The molecule has 0 spiro atoms. The van der Waals surface area contributed by atoms with Crippen molar-refractivity contribution in [3.8, 4) is 22.8 Å². The molecule has 1 amide bonds. The van der Waals surface area contributed by atoms with Crippen LogP contribution in [0.25, 0.3) is 11.3 Å². The standard InChI is InChI=1S/C27H27F4N3O3/c28-21-7-1-2-9-23(21)36-17-16-34(26(35)19-11-14-32-15-12-19)18-20-6-5-10-24(37-27(29,30)31)25(20)22-8-3-4-13-33-22/h1-10,13,19,32H,11-12,14-18H2. The van der Waals surface area contributed by atoms with Gasteiger partial charge in [-0.2, -0.15) is 0 Å². The topological polar surface area (TPSA) is 63.7 Å². The van der Waals surface area contributed by atoms with Gasteiger partial charge in [0.2, 0.25) is 5.91 Å². The van der Waals surface area contributed by atoms with E-state index in [0.29, 0.717) is 31.5 Å². The molecule has 0 radical (unpaired) electrons. The van der Waals surface area contributed by atoms with Crippen LogP contribution in [-0.2, 0) is 11.3 Å². The lowest BCUT2D eigenvalue weighted by Crippen LogP contribution is -2.42. The van der Waals surface area contributed by atoms with Gasteiger partial charge in [-0.1, -0.05) is 30.3 Å². The molecule has 0 aliphatic carbocycles. The summed E-state index contributed by atoms with van der Waals surface area (Å²) in [6.45, 7) is 1.52. The van der Waals surface area contributed by atoms with Gasteiger partial charge in [0, 0.05) is 24.2 Å². The molecule has 0 unspecified atom stereocenters. The summed E-state index contributed by atoms with van der Waals surface area (Å²) in [5.41, 5.74) is 0.876. The highest BCUT2D eigenvalue weighted by Crippen LogP contribution is 2.36. The number of amides is 1. The Morgan fingerprint density at radius 3 is 2.43 bits per heavy atom. The number of rotatable bonds is 9. The molecule has 0 atom stereocenters. The van der Waals surface area contributed by atoms with E-state index in [1.165, 1.54) is 30.5 Å². The SMILES string of the molecule is O=C(C1CCNCC1)N(CCOc1ccccc1F)Cc1cccc(OC(F)(F)F)c1-c1ccccn1. The van der Waals surface area contributed by atoms with Gasteiger partial charge in [0.15, 0.2) is 11.6 Å². The molecule has 37 heavy (non-hydrogen) atoms. The van der Waals surface area contributed by atoms with Crippen LogP contribution in [0.1, 0.15) is 18.4 Å². The Morgan fingerprint density at radius 1 is 1.00 bits per heavy atom. The number of benzene rings is 2. The minimum Gasteiger partial charge on any atom is -0.489 e. The fraction of sp³-hybridized carbons (Fsp3) is 0.333. The molecule has 0 saturated carbocycles. The van der Waals surface area contributed by atoms with Gasteiger partial charge < -0.3 is 19.7 Å².